The van der Waals surface area contributed by atoms with E-state index in [-0.39, 0.29) is 13.2 Å². The molecule has 3 nitrogen and oxygen atoms in total. The van der Waals surface area contributed by atoms with E-state index < -0.39 is 5.54 Å². The molecule has 3 N–H and O–H groups in total. The maximum Gasteiger partial charge on any atom is 0.0633 e. The van der Waals surface area contributed by atoms with E-state index in [0.29, 0.717) is 6.04 Å². The molecule has 0 aromatic carbocycles. The number of hydrogen-bond acceptors (Lipinski definition) is 3. The second-order valence-electron chi connectivity index (χ2n) is 3.53. The molecule has 0 radical (unpaired) electrons. The van der Waals surface area contributed by atoms with Gasteiger partial charge in [0.2, 0.25) is 0 Å². The van der Waals surface area contributed by atoms with E-state index >= 15 is 0 Å². The molecule has 0 unspecified atom stereocenters. The minimum absolute atomic E-state index is 0.0278. The van der Waals surface area contributed by atoms with E-state index in [1.807, 2.05) is 6.92 Å². The van der Waals surface area contributed by atoms with E-state index in [4.69, 9.17) is 10.2 Å². The van der Waals surface area contributed by atoms with Crippen LogP contribution >= 0.6 is 0 Å². The Morgan fingerprint density at radius 3 is 1.83 bits per heavy atom. The molecule has 0 atom stereocenters. The van der Waals surface area contributed by atoms with Crippen molar-refractivity contribution < 1.29 is 10.2 Å². The zero-order valence-corrected chi connectivity index (χ0v) is 8.30. The quantitative estimate of drug-likeness (QED) is 0.551. The molecule has 0 aliphatic carbocycles. The zero-order valence-electron chi connectivity index (χ0n) is 8.30. The Morgan fingerprint density at radius 1 is 1.17 bits per heavy atom. The van der Waals surface area contributed by atoms with Crippen LogP contribution in [-0.4, -0.2) is 35.0 Å². The van der Waals surface area contributed by atoms with Gasteiger partial charge >= 0.3 is 0 Å². The van der Waals surface area contributed by atoms with Crippen molar-refractivity contribution in [3.05, 3.63) is 0 Å². The number of hydrogen-bond donors (Lipinski definition) is 3. The molecule has 0 fully saturated rings. The van der Waals surface area contributed by atoms with Gasteiger partial charge in [0.25, 0.3) is 0 Å². The lowest BCUT2D eigenvalue weighted by molar-refractivity contribution is 0.0927. The van der Waals surface area contributed by atoms with Gasteiger partial charge in [-0.2, -0.15) is 0 Å². The minimum Gasteiger partial charge on any atom is -0.394 e. The number of aliphatic hydroxyl groups excluding tert-OH is 2. The van der Waals surface area contributed by atoms with Crippen LogP contribution in [0.5, 0.6) is 0 Å². The van der Waals surface area contributed by atoms with Gasteiger partial charge in [0, 0.05) is 6.04 Å². The molecule has 0 spiro atoms. The van der Waals surface area contributed by atoms with Crippen LogP contribution in [0.1, 0.15) is 33.6 Å². The summed E-state index contributed by atoms with van der Waals surface area (Å²) in [5.41, 5.74) is -0.531. The Bertz CT molecular complexity index is 109. The maximum atomic E-state index is 9.00. The van der Waals surface area contributed by atoms with Gasteiger partial charge in [0.05, 0.1) is 18.8 Å². The smallest absolute Gasteiger partial charge is 0.0633 e. The summed E-state index contributed by atoms with van der Waals surface area (Å²) in [6, 6.07) is 0.384. The van der Waals surface area contributed by atoms with Crippen LogP contribution in [0.15, 0.2) is 0 Å². The summed E-state index contributed by atoms with van der Waals surface area (Å²) in [5.74, 6) is 0. The summed E-state index contributed by atoms with van der Waals surface area (Å²) in [4.78, 5) is 0. The average Bonchev–Trinajstić information content (AvgIpc) is 2.14. The van der Waals surface area contributed by atoms with Gasteiger partial charge in [-0.15, -0.1) is 0 Å². The highest BCUT2D eigenvalue weighted by molar-refractivity contribution is 4.84. The van der Waals surface area contributed by atoms with Crippen LogP contribution in [0.2, 0.25) is 0 Å². The number of aliphatic hydroxyl groups is 2. The molecule has 0 heterocycles. The molecule has 12 heavy (non-hydrogen) atoms. The first-order valence-electron chi connectivity index (χ1n) is 4.61. The Hall–Kier alpha value is -0.120. The molecule has 0 saturated carbocycles. The molecule has 0 aromatic rings. The highest BCUT2D eigenvalue weighted by Crippen LogP contribution is 2.06. The van der Waals surface area contributed by atoms with Crippen LogP contribution in [0.25, 0.3) is 0 Å². The Labute approximate surface area is 74.8 Å². The third kappa shape index (κ3) is 3.52. The molecule has 0 aliphatic heterocycles. The van der Waals surface area contributed by atoms with Crippen molar-refractivity contribution in [1.82, 2.24) is 5.32 Å². The first-order valence-corrected chi connectivity index (χ1v) is 4.61. The van der Waals surface area contributed by atoms with Crippen molar-refractivity contribution in [2.75, 3.05) is 13.2 Å². The van der Waals surface area contributed by atoms with Crippen LogP contribution in [0.4, 0.5) is 0 Å². The lowest BCUT2D eigenvalue weighted by Gasteiger charge is -2.31. The summed E-state index contributed by atoms with van der Waals surface area (Å²) >= 11 is 0. The summed E-state index contributed by atoms with van der Waals surface area (Å²) in [7, 11) is 0. The predicted molar refractivity (Wildman–Crippen MR) is 50.1 cm³/mol. The summed E-state index contributed by atoms with van der Waals surface area (Å²) < 4.78 is 0. The molecule has 3 heteroatoms. The first-order chi connectivity index (χ1) is 5.61. The standard InChI is InChI=1S/C9H21NO2/c1-4-8(5-2)10-9(3,6-11)7-12/h8,10-12H,4-7H2,1-3H3. The molecule has 0 bridgehead atoms. The number of rotatable bonds is 6. The molecular formula is C9H21NO2. The molecule has 0 rings (SSSR count). The fourth-order valence-corrected chi connectivity index (χ4v) is 1.13. The van der Waals surface area contributed by atoms with E-state index in [0.717, 1.165) is 12.8 Å². The van der Waals surface area contributed by atoms with Crippen LogP contribution in [-0.2, 0) is 0 Å². The first kappa shape index (κ1) is 11.9. The third-order valence-corrected chi connectivity index (χ3v) is 2.24. The van der Waals surface area contributed by atoms with Crippen molar-refractivity contribution in [2.45, 2.75) is 45.2 Å². The van der Waals surface area contributed by atoms with Crippen LogP contribution in [0, 0.1) is 0 Å². The fourth-order valence-electron chi connectivity index (χ4n) is 1.13. The van der Waals surface area contributed by atoms with Crippen molar-refractivity contribution in [2.24, 2.45) is 0 Å². The third-order valence-electron chi connectivity index (χ3n) is 2.24. The van der Waals surface area contributed by atoms with Crippen LogP contribution in [0.3, 0.4) is 0 Å². The highest BCUT2D eigenvalue weighted by Gasteiger charge is 2.23. The Morgan fingerprint density at radius 2 is 1.58 bits per heavy atom. The monoisotopic (exact) mass is 175 g/mol. The zero-order chi connectivity index (χ0) is 9.61. The van der Waals surface area contributed by atoms with Gasteiger partial charge in [-0.25, -0.2) is 0 Å². The van der Waals surface area contributed by atoms with E-state index in [1.165, 1.54) is 0 Å². The molecule has 74 valence electrons. The summed E-state index contributed by atoms with van der Waals surface area (Å²) in [6.07, 6.45) is 2.04. The summed E-state index contributed by atoms with van der Waals surface area (Å²) in [5, 5.41) is 21.2. The van der Waals surface area contributed by atoms with Crippen molar-refractivity contribution in [3.8, 4) is 0 Å². The largest absolute Gasteiger partial charge is 0.394 e. The van der Waals surface area contributed by atoms with Gasteiger partial charge in [-0.1, -0.05) is 13.8 Å². The lowest BCUT2D eigenvalue weighted by Crippen LogP contribution is -2.53. The summed E-state index contributed by atoms with van der Waals surface area (Å²) in [6.45, 7) is 5.96. The molecule has 0 aliphatic rings. The normalized spacial score (nSPS) is 12.5. The Balaban J connectivity index is 3.99. The van der Waals surface area contributed by atoms with Gasteiger partial charge in [-0.05, 0) is 19.8 Å². The molecule has 0 saturated heterocycles. The Kier molecular flexibility index (Phi) is 5.46. The van der Waals surface area contributed by atoms with Crippen molar-refractivity contribution in [1.29, 1.82) is 0 Å². The van der Waals surface area contributed by atoms with Crippen molar-refractivity contribution in [3.63, 3.8) is 0 Å². The minimum atomic E-state index is -0.531. The number of nitrogens with one attached hydrogen (secondary N) is 1. The van der Waals surface area contributed by atoms with Crippen molar-refractivity contribution >= 4 is 0 Å². The second-order valence-corrected chi connectivity index (χ2v) is 3.53. The molecule has 0 amide bonds. The van der Waals surface area contributed by atoms with Gasteiger partial charge in [0.15, 0.2) is 0 Å². The maximum absolute atomic E-state index is 9.00. The topological polar surface area (TPSA) is 52.5 Å². The molecular weight excluding hydrogens is 154 g/mol. The highest BCUT2D eigenvalue weighted by atomic mass is 16.3. The fraction of sp³-hybridized carbons (Fsp3) is 1.00. The van der Waals surface area contributed by atoms with Gasteiger partial charge in [0.1, 0.15) is 0 Å². The SMILES string of the molecule is CCC(CC)NC(C)(CO)CO. The average molecular weight is 175 g/mol. The van der Waals surface area contributed by atoms with Gasteiger partial charge < -0.3 is 15.5 Å². The van der Waals surface area contributed by atoms with E-state index in [2.05, 4.69) is 19.2 Å². The predicted octanol–water partition coefficient (Wildman–Crippen LogP) is 0.508. The van der Waals surface area contributed by atoms with E-state index in [1.54, 1.807) is 0 Å². The second kappa shape index (κ2) is 5.51. The van der Waals surface area contributed by atoms with E-state index in [9.17, 15) is 0 Å². The van der Waals surface area contributed by atoms with Crippen LogP contribution < -0.4 is 5.32 Å². The molecule has 0 aromatic heterocycles. The van der Waals surface area contributed by atoms with Gasteiger partial charge in [-0.3, -0.25) is 0 Å². The lowest BCUT2D eigenvalue weighted by atomic mass is 10.0.